The zero-order valence-corrected chi connectivity index (χ0v) is 11.9. The number of aromatic nitrogens is 1. The van der Waals surface area contributed by atoms with Crippen molar-refractivity contribution in [2.45, 2.75) is 44.6 Å². The largest absolute Gasteiger partial charge is 0.393 e. The summed E-state index contributed by atoms with van der Waals surface area (Å²) in [7, 11) is 0. The van der Waals surface area contributed by atoms with Gasteiger partial charge >= 0.3 is 0 Å². The molecular weight excluding hydrogens is 246 g/mol. The molecule has 2 aromatic rings. The molecule has 1 aromatic carbocycles. The SMILES string of the molecule is O[C@@H](CCCc1ccccc1)CCCc1ccccn1. The van der Waals surface area contributed by atoms with Gasteiger partial charge in [0.2, 0.25) is 0 Å². The number of aliphatic hydroxyl groups excluding tert-OH is 1. The van der Waals surface area contributed by atoms with Crippen LogP contribution in [0.3, 0.4) is 0 Å². The summed E-state index contributed by atoms with van der Waals surface area (Å²) in [4.78, 5) is 4.30. The van der Waals surface area contributed by atoms with Gasteiger partial charge in [-0.25, -0.2) is 0 Å². The highest BCUT2D eigenvalue weighted by atomic mass is 16.3. The Kier molecular flexibility index (Phi) is 6.25. The van der Waals surface area contributed by atoms with Crippen LogP contribution in [0.15, 0.2) is 54.7 Å². The van der Waals surface area contributed by atoms with E-state index in [1.807, 2.05) is 30.5 Å². The standard InChI is InChI=1S/C18H23NO/c20-18(13-6-10-16-8-2-1-3-9-16)14-7-12-17-11-4-5-15-19-17/h1-5,8-9,11,15,18,20H,6-7,10,12-14H2/t18-/m0/s1. The van der Waals surface area contributed by atoms with Gasteiger partial charge in [-0.15, -0.1) is 0 Å². The predicted molar refractivity (Wildman–Crippen MR) is 82.6 cm³/mol. The summed E-state index contributed by atoms with van der Waals surface area (Å²) < 4.78 is 0. The van der Waals surface area contributed by atoms with E-state index >= 15 is 0 Å². The van der Waals surface area contributed by atoms with Crippen LogP contribution < -0.4 is 0 Å². The number of rotatable bonds is 8. The van der Waals surface area contributed by atoms with Gasteiger partial charge in [0.05, 0.1) is 6.10 Å². The molecule has 1 heterocycles. The van der Waals surface area contributed by atoms with Crippen LogP contribution in [0.2, 0.25) is 0 Å². The van der Waals surface area contributed by atoms with Crippen molar-refractivity contribution in [3.05, 3.63) is 66.0 Å². The minimum atomic E-state index is -0.178. The van der Waals surface area contributed by atoms with Gasteiger partial charge in [0.15, 0.2) is 0 Å². The molecule has 0 saturated heterocycles. The second-order valence-electron chi connectivity index (χ2n) is 5.24. The van der Waals surface area contributed by atoms with Gasteiger partial charge in [0.1, 0.15) is 0 Å². The van der Waals surface area contributed by atoms with Gasteiger partial charge in [-0.05, 0) is 56.2 Å². The minimum absolute atomic E-state index is 0.178. The smallest absolute Gasteiger partial charge is 0.0540 e. The van der Waals surface area contributed by atoms with Crippen LogP contribution in [-0.4, -0.2) is 16.2 Å². The summed E-state index contributed by atoms with van der Waals surface area (Å²) in [5, 5.41) is 9.98. The predicted octanol–water partition coefficient (Wildman–Crippen LogP) is 3.79. The van der Waals surface area contributed by atoms with Crippen molar-refractivity contribution in [3.63, 3.8) is 0 Å². The average Bonchev–Trinajstić information content (AvgIpc) is 2.49. The Bertz CT molecular complexity index is 424. The number of hydrogen-bond acceptors (Lipinski definition) is 2. The molecule has 1 aromatic heterocycles. The second kappa shape index (κ2) is 8.49. The normalized spacial score (nSPS) is 12.2. The minimum Gasteiger partial charge on any atom is -0.393 e. The van der Waals surface area contributed by atoms with Crippen molar-refractivity contribution >= 4 is 0 Å². The third-order valence-corrected chi connectivity index (χ3v) is 3.54. The fourth-order valence-corrected chi connectivity index (χ4v) is 2.40. The molecule has 1 atom stereocenters. The summed E-state index contributed by atoms with van der Waals surface area (Å²) >= 11 is 0. The average molecular weight is 269 g/mol. The van der Waals surface area contributed by atoms with Crippen LogP contribution >= 0.6 is 0 Å². The number of benzene rings is 1. The second-order valence-corrected chi connectivity index (χ2v) is 5.24. The summed E-state index contributed by atoms with van der Waals surface area (Å²) in [5.41, 5.74) is 2.47. The summed E-state index contributed by atoms with van der Waals surface area (Å²) in [6.07, 6.45) is 7.46. The van der Waals surface area contributed by atoms with E-state index in [9.17, 15) is 5.11 Å². The Hall–Kier alpha value is -1.67. The van der Waals surface area contributed by atoms with Crippen molar-refractivity contribution < 1.29 is 5.11 Å². The molecule has 1 N–H and O–H groups in total. The van der Waals surface area contributed by atoms with E-state index < -0.39 is 0 Å². The highest BCUT2D eigenvalue weighted by molar-refractivity contribution is 5.14. The first-order chi connectivity index (χ1) is 9.84. The lowest BCUT2D eigenvalue weighted by Gasteiger charge is -2.10. The summed E-state index contributed by atoms with van der Waals surface area (Å²) in [6, 6.07) is 16.5. The van der Waals surface area contributed by atoms with Gasteiger partial charge in [-0.3, -0.25) is 4.98 Å². The van der Waals surface area contributed by atoms with Gasteiger partial charge in [0, 0.05) is 11.9 Å². The fourth-order valence-electron chi connectivity index (χ4n) is 2.40. The molecule has 0 aliphatic carbocycles. The van der Waals surface area contributed by atoms with E-state index in [0.29, 0.717) is 0 Å². The van der Waals surface area contributed by atoms with Crippen molar-refractivity contribution in [1.29, 1.82) is 0 Å². The van der Waals surface area contributed by atoms with Crippen molar-refractivity contribution in [2.75, 3.05) is 0 Å². The molecule has 0 amide bonds. The lowest BCUT2D eigenvalue weighted by Crippen LogP contribution is -2.07. The maximum Gasteiger partial charge on any atom is 0.0540 e. The van der Waals surface area contributed by atoms with Gasteiger partial charge in [0.25, 0.3) is 0 Å². The third kappa shape index (κ3) is 5.54. The lowest BCUT2D eigenvalue weighted by atomic mass is 10.0. The van der Waals surface area contributed by atoms with Crippen LogP contribution in [0, 0.1) is 0 Å². The van der Waals surface area contributed by atoms with Gasteiger partial charge < -0.3 is 5.11 Å². The number of hydrogen-bond donors (Lipinski definition) is 1. The Morgan fingerprint density at radius 2 is 1.55 bits per heavy atom. The maximum absolute atomic E-state index is 9.98. The van der Waals surface area contributed by atoms with Crippen molar-refractivity contribution in [3.8, 4) is 0 Å². The first kappa shape index (κ1) is 14.7. The molecule has 0 spiro atoms. The Morgan fingerprint density at radius 1 is 0.850 bits per heavy atom. The number of aryl methyl sites for hydroxylation is 2. The molecule has 106 valence electrons. The molecule has 20 heavy (non-hydrogen) atoms. The number of nitrogens with zero attached hydrogens (tertiary/aromatic N) is 1. The molecule has 0 fully saturated rings. The zero-order chi connectivity index (χ0) is 14.0. The molecule has 0 aliphatic rings. The maximum atomic E-state index is 9.98. The topological polar surface area (TPSA) is 33.1 Å². The zero-order valence-electron chi connectivity index (χ0n) is 11.9. The van der Waals surface area contributed by atoms with Gasteiger partial charge in [-0.1, -0.05) is 36.4 Å². The number of aliphatic hydroxyl groups is 1. The molecule has 0 saturated carbocycles. The first-order valence-electron chi connectivity index (χ1n) is 7.46. The molecular formula is C18H23NO. The number of pyridine rings is 1. The van der Waals surface area contributed by atoms with Crippen LogP contribution in [0.25, 0.3) is 0 Å². The highest BCUT2D eigenvalue weighted by Crippen LogP contribution is 2.11. The van der Waals surface area contributed by atoms with Crippen LogP contribution in [-0.2, 0) is 12.8 Å². The molecule has 2 nitrogen and oxygen atoms in total. The molecule has 2 rings (SSSR count). The Morgan fingerprint density at radius 3 is 2.25 bits per heavy atom. The molecule has 0 aliphatic heterocycles. The molecule has 2 heteroatoms. The fraction of sp³-hybridized carbons (Fsp3) is 0.389. The van der Waals surface area contributed by atoms with Crippen molar-refractivity contribution in [2.24, 2.45) is 0 Å². The van der Waals surface area contributed by atoms with Crippen LogP contribution in [0.5, 0.6) is 0 Å². The van der Waals surface area contributed by atoms with Crippen molar-refractivity contribution in [1.82, 2.24) is 4.98 Å². The van der Waals surface area contributed by atoms with Gasteiger partial charge in [-0.2, -0.15) is 0 Å². The van der Waals surface area contributed by atoms with E-state index in [2.05, 4.69) is 29.2 Å². The van der Waals surface area contributed by atoms with E-state index in [4.69, 9.17) is 0 Å². The quantitative estimate of drug-likeness (QED) is 0.791. The molecule has 0 unspecified atom stereocenters. The van der Waals surface area contributed by atoms with Crippen LogP contribution in [0.4, 0.5) is 0 Å². The monoisotopic (exact) mass is 269 g/mol. The van der Waals surface area contributed by atoms with Crippen LogP contribution in [0.1, 0.15) is 36.9 Å². The Labute approximate surface area is 121 Å². The van der Waals surface area contributed by atoms with E-state index in [1.54, 1.807) is 0 Å². The van der Waals surface area contributed by atoms with E-state index in [-0.39, 0.29) is 6.10 Å². The highest BCUT2D eigenvalue weighted by Gasteiger charge is 2.04. The molecule has 0 bridgehead atoms. The summed E-state index contributed by atoms with van der Waals surface area (Å²) in [6.45, 7) is 0. The van der Waals surface area contributed by atoms with E-state index in [0.717, 1.165) is 44.2 Å². The summed E-state index contributed by atoms with van der Waals surface area (Å²) in [5.74, 6) is 0. The van der Waals surface area contributed by atoms with E-state index in [1.165, 1.54) is 5.56 Å². The third-order valence-electron chi connectivity index (χ3n) is 3.54. The first-order valence-corrected chi connectivity index (χ1v) is 7.46. The Balaban J connectivity index is 1.58. The molecule has 0 radical (unpaired) electrons. The lowest BCUT2D eigenvalue weighted by molar-refractivity contribution is 0.149.